The molecule has 4 N–H and O–H groups in total. The minimum Gasteiger partial charge on any atom is -0.508 e. The quantitative estimate of drug-likeness (QED) is 0.346. The Hall–Kier alpha value is -3.32. The molecule has 2 aromatic carbocycles. The van der Waals surface area contributed by atoms with Gasteiger partial charge in [-0.2, -0.15) is 0 Å². The van der Waals surface area contributed by atoms with Crippen molar-refractivity contribution in [3.05, 3.63) is 65.2 Å². The van der Waals surface area contributed by atoms with Crippen LogP contribution in [-0.4, -0.2) is 35.3 Å². The Morgan fingerprint density at radius 3 is 2.50 bits per heavy atom. The first-order chi connectivity index (χ1) is 12.5. The van der Waals surface area contributed by atoms with Crippen molar-refractivity contribution in [2.24, 2.45) is 0 Å². The van der Waals surface area contributed by atoms with Crippen LogP contribution in [0.25, 0.3) is 6.08 Å². The van der Waals surface area contributed by atoms with Crippen molar-refractivity contribution in [2.75, 3.05) is 13.2 Å². The molecule has 0 aliphatic rings. The third-order valence-electron chi connectivity index (χ3n) is 3.50. The van der Waals surface area contributed by atoms with E-state index in [4.69, 9.17) is 9.94 Å². The molecule has 0 aromatic heterocycles. The molecule has 0 heterocycles. The highest BCUT2D eigenvalue weighted by molar-refractivity contribution is 5.98. The zero-order valence-electron chi connectivity index (χ0n) is 14.2. The molecule has 0 fully saturated rings. The van der Waals surface area contributed by atoms with Crippen molar-refractivity contribution < 1.29 is 24.6 Å². The summed E-state index contributed by atoms with van der Waals surface area (Å²) in [5, 5.41) is 20.9. The number of rotatable bonds is 7. The van der Waals surface area contributed by atoms with Gasteiger partial charge >= 0.3 is 0 Å². The number of nitrogens with one attached hydrogen (secondary N) is 2. The second-order valence-corrected chi connectivity index (χ2v) is 5.34. The lowest BCUT2D eigenvalue weighted by atomic mass is 10.1. The number of hydroxylamine groups is 1. The zero-order valence-corrected chi connectivity index (χ0v) is 14.2. The van der Waals surface area contributed by atoms with Crippen molar-refractivity contribution >= 4 is 17.9 Å². The van der Waals surface area contributed by atoms with Crippen molar-refractivity contribution in [2.45, 2.75) is 6.92 Å². The van der Waals surface area contributed by atoms with E-state index in [-0.39, 0.29) is 24.8 Å². The molecule has 0 radical (unpaired) electrons. The molecule has 7 heteroatoms. The van der Waals surface area contributed by atoms with Gasteiger partial charge in [0.25, 0.3) is 11.8 Å². The van der Waals surface area contributed by atoms with E-state index in [0.29, 0.717) is 22.4 Å². The average Bonchev–Trinajstić information content (AvgIpc) is 2.66. The number of ether oxygens (including phenoxy) is 1. The molecule has 26 heavy (non-hydrogen) atoms. The predicted octanol–water partition coefficient (Wildman–Crippen LogP) is 2.35. The van der Waals surface area contributed by atoms with Gasteiger partial charge in [0.1, 0.15) is 18.1 Å². The van der Waals surface area contributed by atoms with Crippen LogP contribution in [0.3, 0.4) is 0 Å². The minimum absolute atomic E-state index is 0.0201. The Kier molecular flexibility index (Phi) is 6.75. The van der Waals surface area contributed by atoms with Gasteiger partial charge in [-0.3, -0.25) is 14.8 Å². The first kappa shape index (κ1) is 19.0. The van der Waals surface area contributed by atoms with Crippen LogP contribution in [-0.2, 0) is 0 Å². The summed E-state index contributed by atoms with van der Waals surface area (Å²) >= 11 is 0. The summed E-state index contributed by atoms with van der Waals surface area (Å²) in [6.07, 6.45) is 3.60. The molecule has 0 saturated carbocycles. The van der Waals surface area contributed by atoms with E-state index >= 15 is 0 Å². The summed E-state index contributed by atoms with van der Waals surface area (Å²) in [7, 11) is 0. The van der Waals surface area contributed by atoms with E-state index in [2.05, 4.69) is 5.32 Å². The maximum absolute atomic E-state index is 12.3. The van der Waals surface area contributed by atoms with E-state index in [1.54, 1.807) is 29.8 Å². The van der Waals surface area contributed by atoms with Crippen LogP contribution in [0.15, 0.2) is 48.5 Å². The van der Waals surface area contributed by atoms with Gasteiger partial charge < -0.3 is 15.2 Å². The van der Waals surface area contributed by atoms with Crippen LogP contribution in [0.4, 0.5) is 0 Å². The predicted molar refractivity (Wildman–Crippen MR) is 96.3 cm³/mol. The summed E-state index contributed by atoms with van der Waals surface area (Å²) in [5.41, 5.74) is 2.94. The zero-order chi connectivity index (χ0) is 18.9. The van der Waals surface area contributed by atoms with Crippen LogP contribution >= 0.6 is 0 Å². The Labute approximate surface area is 150 Å². The van der Waals surface area contributed by atoms with Crippen LogP contribution in [0, 0.1) is 0 Å². The molecule has 136 valence electrons. The van der Waals surface area contributed by atoms with Crippen molar-refractivity contribution in [1.29, 1.82) is 0 Å². The largest absolute Gasteiger partial charge is 0.508 e. The molecule has 0 spiro atoms. The summed E-state index contributed by atoms with van der Waals surface area (Å²) in [6, 6.07) is 10.8. The lowest BCUT2D eigenvalue weighted by molar-refractivity contribution is 0.0706. The summed E-state index contributed by atoms with van der Waals surface area (Å²) < 4.78 is 5.49. The maximum atomic E-state index is 12.3. The standard InChI is InChI=1S/C19H20N2O5/c1-2-3-13-4-7-15(22)12-17(13)19(24)20-10-11-26-16-8-5-14(6-9-16)18(23)21-25/h2-9,12,22,25H,10-11H2,1H3,(H,20,24)(H,21,23). The number of carbonyl (C=O) groups is 2. The molecule has 0 bridgehead atoms. The highest BCUT2D eigenvalue weighted by Crippen LogP contribution is 2.18. The van der Waals surface area contributed by atoms with Gasteiger partial charge in [0, 0.05) is 5.56 Å². The van der Waals surface area contributed by atoms with Gasteiger partial charge in [0.15, 0.2) is 0 Å². The van der Waals surface area contributed by atoms with Crippen LogP contribution in [0.5, 0.6) is 11.5 Å². The number of hydrogen-bond donors (Lipinski definition) is 4. The summed E-state index contributed by atoms with van der Waals surface area (Å²) in [5.74, 6) is -0.369. The summed E-state index contributed by atoms with van der Waals surface area (Å²) in [4.78, 5) is 23.5. The van der Waals surface area contributed by atoms with Gasteiger partial charge in [0.05, 0.1) is 12.1 Å². The van der Waals surface area contributed by atoms with Gasteiger partial charge in [0.2, 0.25) is 0 Å². The summed E-state index contributed by atoms with van der Waals surface area (Å²) in [6.45, 7) is 2.34. The first-order valence-electron chi connectivity index (χ1n) is 7.96. The fourth-order valence-corrected chi connectivity index (χ4v) is 2.26. The van der Waals surface area contributed by atoms with Crippen LogP contribution in [0.2, 0.25) is 0 Å². The highest BCUT2D eigenvalue weighted by atomic mass is 16.5. The second kappa shape index (κ2) is 9.24. The third kappa shape index (κ3) is 5.09. The smallest absolute Gasteiger partial charge is 0.274 e. The van der Waals surface area contributed by atoms with E-state index in [1.807, 2.05) is 13.0 Å². The van der Waals surface area contributed by atoms with Crippen molar-refractivity contribution in [3.8, 4) is 11.5 Å². The molecular weight excluding hydrogens is 336 g/mol. The number of amides is 2. The number of benzene rings is 2. The Morgan fingerprint density at radius 1 is 1.12 bits per heavy atom. The number of allylic oxidation sites excluding steroid dienone is 1. The number of carbonyl (C=O) groups excluding carboxylic acids is 2. The fraction of sp³-hybridized carbons (Fsp3) is 0.158. The number of aromatic hydroxyl groups is 1. The van der Waals surface area contributed by atoms with Gasteiger partial charge in [-0.25, -0.2) is 5.48 Å². The van der Waals surface area contributed by atoms with Crippen LogP contribution < -0.4 is 15.5 Å². The molecule has 0 saturated heterocycles. The van der Waals surface area contributed by atoms with Gasteiger partial charge in [-0.15, -0.1) is 0 Å². The highest BCUT2D eigenvalue weighted by Gasteiger charge is 2.10. The van der Waals surface area contributed by atoms with Gasteiger partial charge in [-0.05, 0) is 48.9 Å². The lowest BCUT2D eigenvalue weighted by Gasteiger charge is -2.10. The molecule has 2 amide bonds. The van der Waals surface area contributed by atoms with Crippen LogP contribution in [0.1, 0.15) is 33.2 Å². The van der Waals surface area contributed by atoms with Gasteiger partial charge in [-0.1, -0.05) is 18.2 Å². The molecule has 0 aliphatic heterocycles. The molecule has 2 rings (SSSR count). The normalized spacial score (nSPS) is 10.5. The molecule has 0 unspecified atom stereocenters. The van der Waals surface area contributed by atoms with Crippen molar-refractivity contribution in [3.63, 3.8) is 0 Å². The second-order valence-electron chi connectivity index (χ2n) is 5.34. The van der Waals surface area contributed by atoms with E-state index < -0.39 is 5.91 Å². The number of phenolic OH excluding ortho intramolecular Hbond substituents is 1. The number of hydrogen-bond acceptors (Lipinski definition) is 5. The van der Waals surface area contributed by atoms with Crippen molar-refractivity contribution in [1.82, 2.24) is 10.8 Å². The maximum Gasteiger partial charge on any atom is 0.274 e. The average molecular weight is 356 g/mol. The molecule has 7 nitrogen and oxygen atoms in total. The van der Waals surface area contributed by atoms with E-state index in [0.717, 1.165) is 0 Å². The number of phenols is 1. The topological polar surface area (TPSA) is 108 Å². The van der Waals surface area contributed by atoms with E-state index in [9.17, 15) is 14.7 Å². The molecular formula is C19H20N2O5. The monoisotopic (exact) mass is 356 g/mol. The molecule has 0 aliphatic carbocycles. The Bertz CT molecular complexity index is 800. The lowest BCUT2D eigenvalue weighted by Crippen LogP contribution is -2.28. The fourth-order valence-electron chi connectivity index (χ4n) is 2.26. The SMILES string of the molecule is CC=Cc1ccc(O)cc1C(=O)NCCOc1ccc(C(=O)NO)cc1. The first-order valence-corrected chi connectivity index (χ1v) is 7.96. The minimum atomic E-state index is -0.605. The Balaban J connectivity index is 1.87. The van der Waals surface area contributed by atoms with E-state index in [1.165, 1.54) is 24.3 Å². The molecule has 0 atom stereocenters. The molecule has 2 aromatic rings. The third-order valence-corrected chi connectivity index (χ3v) is 3.50. The Morgan fingerprint density at radius 2 is 1.85 bits per heavy atom.